The van der Waals surface area contributed by atoms with E-state index in [1.807, 2.05) is 45.1 Å². The van der Waals surface area contributed by atoms with Crippen molar-refractivity contribution in [2.45, 2.75) is 46.7 Å². The molecule has 0 aliphatic rings. The molecule has 21 heavy (non-hydrogen) atoms. The van der Waals surface area contributed by atoms with Crippen molar-refractivity contribution in [3.63, 3.8) is 0 Å². The molecule has 0 saturated heterocycles. The number of nitrogens with zero attached hydrogens (tertiary/aromatic N) is 1. The van der Waals surface area contributed by atoms with E-state index >= 15 is 0 Å². The van der Waals surface area contributed by atoms with Crippen LogP contribution in [0.5, 0.6) is 0 Å². The number of hydrogen-bond donors (Lipinski definition) is 2. The van der Waals surface area contributed by atoms with E-state index in [1.54, 1.807) is 6.92 Å². The molecule has 0 radical (unpaired) electrons. The molecule has 0 aromatic carbocycles. The summed E-state index contributed by atoms with van der Waals surface area (Å²) in [5, 5.41) is 9.07. The molecule has 3 N–H and O–H groups in total. The SMILES string of the molecule is CC(C)=CC=CC(C)=CCN(C(=O)[C@H](C)N)[C@@H](C)C(=O)O. The Labute approximate surface area is 126 Å². The van der Waals surface area contributed by atoms with Gasteiger partial charge in [0, 0.05) is 6.54 Å². The average molecular weight is 294 g/mol. The summed E-state index contributed by atoms with van der Waals surface area (Å²) in [4.78, 5) is 24.3. The molecule has 0 bridgehead atoms. The first-order chi connectivity index (χ1) is 9.66. The summed E-state index contributed by atoms with van der Waals surface area (Å²) >= 11 is 0. The first-order valence-electron chi connectivity index (χ1n) is 6.94. The fraction of sp³-hybridized carbons (Fsp3) is 0.500. The van der Waals surface area contributed by atoms with Crippen LogP contribution in [-0.4, -0.2) is 40.5 Å². The largest absolute Gasteiger partial charge is 0.480 e. The number of carbonyl (C=O) groups is 2. The van der Waals surface area contributed by atoms with Crippen molar-refractivity contribution in [2.24, 2.45) is 5.73 Å². The molecule has 0 aromatic rings. The van der Waals surface area contributed by atoms with Crippen LogP contribution in [0.4, 0.5) is 0 Å². The zero-order chi connectivity index (χ0) is 16.6. The van der Waals surface area contributed by atoms with E-state index < -0.39 is 18.1 Å². The zero-order valence-electron chi connectivity index (χ0n) is 13.5. The lowest BCUT2D eigenvalue weighted by Gasteiger charge is -2.27. The Morgan fingerprint density at radius 2 is 1.81 bits per heavy atom. The van der Waals surface area contributed by atoms with Crippen molar-refractivity contribution in [2.75, 3.05) is 6.54 Å². The van der Waals surface area contributed by atoms with Gasteiger partial charge in [0.15, 0.2) is 0 Å². The van der Waals surface area contributed by atoms with Gasteiger partial charge in [0.05, 0.1) is 6.04 Å². The van der Waals surface area contributed by atoms with Crippen LogP contribution >= 0.6 is 0 Å². The maximum Gasteiger partial charge on any atom is 0.326 e. The number of carboxylic acids is 1. The van der Waals surface area contributed by atoms with Crippen LogP contribution < -0.4 is 5.73 Å². The summed E-state index contributed by atoms with van der Waals surface area (Å²) in [5.41, 5.74) is 7.71. The highest BCUT2D eigenvalue weighted by atomic mass is 16.4. The highest BCUT2D eigenvalue weighted by Gasteiger charge is 2.26. The van der Waals surface area contributed by atoms with Gasteiger partial charge in [-0.2, -0.15) is 0 Å². The van der Waals surface area contributed by atoms with Crippen LogP contribution in [0.25, 0.3) is 0 Å². The molecule has 0 rings (SSSR count). The van der Waals surface area contributed by atoms with Crippen LogP contribution in [0.1, 0.15) is 34.6 Å². The van der Waals surface area contributed by atoms with Gasteiger partial charge in [-0.1, -0.05) is 35.5 Å². The van der Waals surface area contributed by atoms with Crippen LogP contribution in [0.15, 0.2) is 35.5 Å². The van der Waals surface area contributed by atoms with Crippen molar-refractivity contribution in [3.8, 4) is 0 Å². The molecule has 0 aromatic heterocycles. The van der Waals surface area contributed by atoms with Crippen molar-refractivity contribution < 1.29 is 14.7 Å². The molecular weight excluding hydrogens is 268 g/mol. The Bertz CT molecular complexity index is 458. The van der Waals surface area contributed by atoms with Crippen molar-refractivity contribution >= 4 is 11.9 Å². The standard InChI is InChI=1S/C16H26N2O3/c1-11(2)7-6-8-12(3)9-10-18(14(5)16(20)21)15(19)13(4)17/h6-9,13-14H,10,17H2,1-5H3,(H,20,21)/t13-,14-/m0/s1. The van der Waals surface area contributed by atoms with E-state index in [1.165, 1.54) is 17.4 Å². The molecule has 5 nitrogen and oxygen atoms in total. The molecule has 2 atom stereocenters. The summed E-state index contributed by atoms with van der Waals surface area (Å²) in [6, 6.07) is -1.63. The summed E-state index contributed by atoms with van der Waals surface area (Å²) in [6.07, 6.45) is 7.61. The average Bonchev–Trinajstić information content (AvgIpc) is 2.37. The van der Waals surface area contributed by atoms with Gasteiger partial charge in [0.1, 0.15) is 6.04 Å². The second-order valence-corrected chi connectivity index (χ2v) is 5.34. The zero-order valence-corrected chi connectivity index (χ0v) is 13.5. The van der Waals surface area contributed by atoms with E-state index in [-0.39, 0.29) is 12.5 Å². The smallest absolute Gasteiger partial charge is 0.326 e. The first kappa shape index (κ1) is 19.1. The maximum absolute atomic E-state index is 12.0. The summed E-state index contributed by atoms with van der Waals surface area (Å²) in [6.45, 7) is 9.15. The number of allylic oxidation sites excluding steroid dienone is 5. The predicted octanol–water partition coefficient (Wildman–Crippen LogP) is 2.10. The Hall–Kier alpha value is -1.88. The number of nitrogens with two attached hydrogens (primary N) is 1. The highest BCUT2D eigenvalue weighted by Crippen LogP contribution is 2.05. The predicted molar refractivity (Wildman–Crippen MR) is 84.8 cm³/mol. The summed E-state index contributed by atoms with van der Waals surface area (Å²) in [5.74, 6) is -1.42. The lowest BCUT2D eigenvalue weighted by atomic mass is 10.2. The lowest BCUT2D eigenvalue weighted by molar-refractivity contribution is -0.149. The topological polar surface area (TPSA) is 83.6 Å². The molecule has 0 saturated carbocycles. The Kier molecular flexibility index (Phi) is 8.31. The quantitative estimate of drug-likeness (QED) is 0.704. The molecular formula is C16H26N2O3. The normalized spacial score (nSPS) is 14.7. The second-order valence-electron chi connectivity index (χ2n) is 5.34. The van der Waals surface area contributed by atoms with E-state index in [4.69, 9.17) is 10.8 Å². The monoisotopic (exact) mass is 294 g/mol. The van der Waals surface area contributed by atoms with Gasteiger partial charge in [-0.3, -0.25) is 4.79 Å². The van der Waals surface area contributed by atoms with Gasteiger partial charge in [-0.25, -0.2) is 4.79 Å². The van der Waals surface area contributed by atoms with Crippen LogP contribution in [-0.2, 0) is 9.59 Å². The third-order valence-corrected chi connectivity index (χ3v) is 2.90. The van der Waals surface area contributed by atoms with Gasteiger partial charge >= 0.3 is 5.97 Å². The molecule has 0 aliphatic carbocycles. The van der Waals surface area contributed by atoms with Gasteiger partial charge in [0.2, 0.25) is 5.91 Å². The molecule has 0 aliphatic heterocycles. The fourth-order valence-corrected chi connectivity index (χ4v) is 1.54. The van der Waals surface area contributed by atoms with E-state index in [2.05, 4.69) is 0 Å². The summed E-state index contributed by atoms with van der Waals surface area (Å²) < 4.78 is 0. The lowest BCUT2D eigenvalue weighted by Crippen LogP contribution is -2.49. The number of amides is 1. The van der Waals surface area contributed by atoms with E-state index in [0.29, 0.717) is 0 Å². The van der Waals surface area contributed by atoms with Crippen LogP contribution in [0.2, 0.25) is 0 Å². The van der Waals surface area contributed by atoms with Crippen molar-refractivity contribution in [1.82, 2.24) is 4.90 Å². The maximum atomic E-state index is 12.0. The van der Waals surface area contributed by atoms with Gasteiger partial charge in [-0.05, 0) is 34.6 Å². The van der Waals surface area contributed by atoms with E-state index in [0.717, 1.165) is 5.57 Å². The van der Waals surface area contributed by atoms with Gasteiger partial charge in [-0.15, -0.1) is 0 Å². The minimum atomic E-state index is -1.05. The van der Waals surface area contributed by atoms with Gasteiger partial charge < -0.3 is 15.7 Å². The third kappa shape index (κ3) is 7.46. The highest BCUT2D eigenvalue weighted by molar-refractivity contribution is 5.86. The van der Waals surface area contributed by atoms with E-state index in [9.17, 15) is 9.59 Å². The molecule has 5 heteroatoms. The molecule has 0 unspecified atom stereocenters. The number of aliphatic carboxylic acids is 1. The molecule has 1 amide bonds. The Balaban J connectivity index is 4.98. The summed E-state index contributed by atoms with van der Waals surface area (Å²) in [7, 11) is 0. The third-order valence-electron chi connectivity index (χ3n) is 2.90. The first-order valence-corrected chi connectivity index (χ1v) is 6.94. The van der Waals surface area contributed by atoms with Crippen molar-refractivity contribution in [3.05, 3.63) is 35.5 Å². The Morgan fingerprint density at radius 1 is 1.24 bits per heavy atom. The Morgan fingerprint density at radius 3 is 2.24 bits per heavy atom. The number of carbonyl (C=O) groups excluding carboxylic acids is 1. The second kappa shape index (κ2) is 9.13. The molecule has 118 valence electrons. The molecule has 0 fully saturated rings. The van der Waals surface area contributed by atoms with Crippen molar-refractivity contribution in [1.29, 1.82) is 0 Å². The molecule has 0 spiro atoms. The molecule has 0 heterocycles. The van der Waals surface area contributed by atoms with Crippen LogP contribution in [0, 0.1) is 0 Å². The van der Waals surface area contributed by atoms with Gasteiger partial charge in [0.25, 0.3) is 0 Å². The number of carboxylic acid groups (broad SMARTS) is 1. The van der Waals surface area contributed by atoms with Crippen LogP contribution in [0.3, 0.4) is 0 Å². The number of hydrogen-bond acceptors (Lipinski definition) is 3. The minimum Gasteiger partial charge on any atom is -0.480 e. The fourth-order valence-electron chi connectivity index (χ4n) is 1.54. The number of rotatable bonds is 7. The minimum absolute atomic E-state index is 0.221.